The van der Waals surface area contributed by atoms with Crippen molar-refractivity contribution in [3.05, 3.63) is 58.4 Å². The van der Waals surface area contributed by atoms with E-state index in [1.54, 1.807) is 25.3 Å². The Labute approximate surface area is 142 Å². The number of aromatic nitrogens is 2. The molecule has 0 saturated heterocycles. The first kappa shape index (κ1) is 15.6. The maximum Gasteiger partial charge on any atom is 0.264 e. The van der Waals surface area contributed by atoms with E-state index < -0.39 is 0 Å². The molecule has 2 aromatic carbocycles. The fourth-order valence-corrected chi connectivity index (χ4v) is 2.27. The average molecular weight is 351 g/mol. The van der Waals surface area contributed by atoms with Gasteiger partial charge in [-0.3, -0.25) is 0 Å². The highest BCUT2D eigenvalue weighted by Gasteiger charge is 2.11. The summed E-state index contributed by atoms with van der Waals surface area (Å²) >= 11 is 12.0. The highest BCUT2D eigenvalue weighted by Crippen LogP contribution is 2.32. The molecule has 0 fully saturated rings. The molecule has 0 unspecified atom stereocenters. The lowest BCUT2D eigenvalue weighted by Crippen LogP contribution is -1.96. The van der Waals surface area contributed by atoms with E-state index in [1.165, 1.54) is 0 Å². The molecule has 5 nitrogen and oxygen atoms in total. The van der Waals surface area contributed by atoms with Gasteiger partial charge < -0.3 is 14.0 Å². The van der Waals surface area contributed by atoms with Crippen molar-refractivity contribution in [3.8, 4) is 22.9 Å². The number of rotatable bonds is 5. The Morgan fingerprint density at radius 2 is 1.96 bits per heavy atom. The van der Waals surface area contributed by atoms with Gasteiger partial charge in [-0.05, 0) is 24.3 Å². The van der Waals surface area contributed by atoms with Crippen LogP contribution in [0.4, 0.5) is 0 Å². The van der Waals surface area contributed by atoms with E-state index in [0.717, 1.165) is 11.3 Å². The second kappa shape index (κ2) is 6.89. The van der Waals surface area contributed by atoms with Crippen molar-refractivity contribution in [2.24, 2.45) is 0 Å². The largest absolute Gasteiger partial charge is 0.497 e. The number of benzene rings is 2. The zero-order valence-corrected chi connectivity index (χ0v) is 13.6. The SMILES string of the molecule is COc1cccc(-c2noc(COc3cccc(Cl)c3Cl)n2)c1. The smallest absolute Gasteiger partial charge is 0.264 e. The second-order valence-electron chi connectivity index (χ2n) is 4.58. The van der Waals surface area contributed by atoms with Gasteiger partial charge in [-0.2, -0.15) is 4.98 Å². The van der Waals surface area contributed by atoms with E-state index in [4.69, 9.17) is 37.2 Å². The molecular weight excluding hydrogens is 339 g/mol. The maximum atomic E-state index is 6.06. The predicted molar refractivity (Wildman–Crippen MR) is 87.1 cm³/mol. The van der Waals surface area contributed by atoms with Crippen LogP contribution < -0.4 is 9.47 Å². The van der Waals surface area contributed by atoms with Gasteiger partial charge in [0, 0.05) is 5.56 Å². The summed E-state index contributed by atoms with van der Waals surface area (Å²) in [6, 6.07) is 12.5. The van der Waals surface area contributed by atoms with E-state index >= 15 is 0 Å². The maximum absolute atomic E-state index is 6.06. The molecule has 0 N–H and O–H groups in total. The fraction of sp³-hybridized carbons (Fsp3) is 0.125. The van der Waals surface area contributed by atoms with E-state index in [0.29, 0.717) is 27.5 Å². The molecule has 23 heavy (non-hydrogen) atoms. The van der Waals surface area contributed by atoms with Crippen LogP contribution >= 0.6 is 23.2 Å². The van der Waals surface area contributed by atoms with Gasteiger partial charge in [0.15, 0.2) is 6.61 Å². The molecule has 0 bridgehead atoms. The minimum absolute atomic E-state index is 0.0943. The molecule has 0 saturated carbocycles. The number of ether oxygens (including phenoxy) is 2. The quantitative estimate of drug-likeness (QED) is 0.671. The topological polar surface area (TPSA) is 57.4 Å². The average Bonchev–Trinajstić information content (AvgIpc) is 3.05. The first-order valence-electron chi connectivity index (χ1n) is 6.71. The van der Waals surface area contributed by atoms with Gasteiger partial charge >= 0.3 is 0 Å². The first-order chi connectivity index (χ1) is 11.2. The lowest BCUT2D eigenvalue weighted by molar-refractivity contribution is 0.243. The molecule has 118 valence electrons. The molecule has 1 aromatic heterocycles. The Kier molecular flexibility index (Phi) is 4.69. The number of halogens is 2. The van der Waals surface area contributed by atoms with Gasteiger partial charge in [-0.1, -0.05) is 46.6 Å². The molecule has 0 atom stereocenters. The molecule has 7 heteroatoms. The van der Waals surface area contributed by atoms with Gasteiger partial charge in [-0.15, -0.1) is 0 Å². The Morgan fingerprint density at radius 1 is 1.13 bits per heavy atom. The van der Waals surface area contributed by atoms with Gasteiger partial charge in [0.2, 0.25) is 5.82 Å². The number of methoxy groups -OCH3 is 1. The van der Waals surface area contributed by atoms with Crippen molar-refractivity contribution >= 4 is 23.2 Å². The monoisotopic (exact) mass is 350 g/mol. The van der Waals surface area contributed by atoms with Crippen LogP contribution in [0.2, 0.25) is 10.0 Å². The van der Waals surface area contributed by atoms with Crippen LogP contribution in [-0.2, 0) is 6.61 Å². The summed E-state index contributed by atoms with van der Waals surface area (Å²) in [6.07, 6.45) is 0. The predicted octanol–water partition coefficient (Wildman–Crippen LogP) is 4.63. The van der Waals surface area contributed by atoms with Crippen LogP contribution in [0.25, 0.3) is 11.4 Å². The zero-order valence-electron chi connectivity index (χ0n) is 12.1. The summed E-state index contributed by atoms with van der Waals surface area (Å²) in [5, 5.41) is 4.71. The molecule has 0 radical (unpaired) electrons. The van der Waals surface area contributed by atoms with Crippen LogP contribution in [0.5, 0.6) is 11.5 Å². The normalized spacial score (nSPS) is 10.6. The Balaban J connectivity index is 1.73. The lowest BCUT2D eigenvalue weighted by atomic mass is 10.2. The molecule has 0 spiro atoms. The van der Waals surface area contributed by atoms with Gasteiger partial charge in [0.25, 0.3) is 5.89 Å². The van der Waals surface area contributed by atoms with Crippen molar-refractivity contribution in [1.29, 1.82) is 0 Å². The Bertz CT molecular complexity index is 821. The highest BCUT2D eigenvalue weighted by atomic mass is 35.5. The fourth-order valence-electron chi connectivity index (χ4n) is 1.93. The third-order valence-corrected chi connectivity index (χ3v) is 3.86. The molecule has 3 rings (SSSR count). The van der Waals surface area contributed by atoms with Crippen LogP contribution in [0.15, 0.2) is 47.0 Å². The van der Waals surface area contributed by atoms with Gasteiger partial charge in [0.1, 0.15) is 16.5 Å². The van der Waals surface area contributed by atoms with Gasteiger partial charge in [0.05, 0.1) is 12.1 Å². The van der Waals surface area contributed by atoms with Crippen molar-refractivity contribution in [3.63, 3.8) is 0 Å². The molecule has 1 heterocycles. The lowest BCUT2D eigenvalue weighted by Gasteiger charge is -2.05. The van der Waals surface area contributed by atoms with Gasteiger partial charge in [-0.25, -0.2) is 0 Å². The summed E-state index contributed by atoms with van der Waals surface area (Å²) in [5.41, 5.74) is 0.792. The van der Waals surface area contributed by atoms with Crippen LogP contribution in [0.1, 0.15) is 5.89 Å². The Hall–Kier alpha value is -2.24. The van der Waals surface area contributed by atoms with E-state index in [-0.39, 0.29) is 6.61 Å². The third-order valence-electron chi connectivity index (χ3n) is 3.06. The van der Waals surface area contributed by atoms with E-state index in [9.17, 15) is 0 Å². The van der Waals surface area contributed by atoms with Crippen molar-refractivity contribution in [2.75, 3.05) is 7.11 Å². The number of hydrogen-bond donors (Lipinski definition) is 0. The van der Waals surface area contributed by atoms with Crippen LogP contribution in [0, 0.1) is 0 Å². The summed E-state index contributed by atoms with van der Waals surface area (Å²) in [5.74, 6) is 1.97. The molecule has 0 amide bonds. The minimum Gasteiger partial charge on any atom is -0.497 e. The van der Waals surface area contributed by atoms with Crippen molar-refractivity contribution in [1.82, 2.24) is 10.1 Å². The van der Waals surface area contributed by atoms with E-state index in [1.807, 2.05) is 24.3 Å². The summed E-state index contributed by atoms with van der Waals surface area (Å²) in [4.78, 5) is 4.29. The van der Waals surface area contributed by atoms with Crippen molar-refractivity contribution < 1.29 is 14.0 Å². The third kappa shape index (κ3) is 3.57. The molecule has 0 aliphatic carbocycles. The number of hydrogen-bond acceptors (Lipinski definition) is 5. The second-order valence-corrected chi connectivity index (χ2v) is 5.37. The first-order valence-corrected chi connectivity index (χ1v) is 7.47. The van der Waals surface area contributed by atoms with E-state index in [2.05, 4.69) is 10.1 Å². The van der Waals surface area contributed by atoms with Crippen molar-refractivity contribution in [2.45, 2.75) is 6.61 Å². The molecule has 0 aliphatic heterocycles. The van der Waals surface area contributed by atoms with Crippen LogP contribution in [0.3, 0.4) is 0 Å². The molecule has 3 aromatic rings. The summed E-state index contributed by atoms with van der Waals surface area (Å²) < 4.78 is 15.9. The molecule has 0 aliphatic rings. The Morgan fingerprint density at radius 3 is 2.78 bits per heavy atom. The summed E-state index contributed by atoms with van der Waals surface area (Å²) in [6.45, 7) is 0.0943. The summed E-state index contributed by atoms with van der Waals surface area (Å²) in [7, 11) is 1.60. The standard InChI is InChI=1S/C16H12Cl2N2O3/c1-21-11-5-2-4-10(8-11)16-19-14(23-20-16)9-22-13-7-3-6-12(17)15(13)18/h2-8H,9H2,1H3. The molecular formula is C16H12Cl2N2O3. The minimum atomic E-state index is 0.0943. The highest BCUT2D eigenvalue weighted by molar-refractivity contribution is 6.42. The number of nitrogens with zero attached hydrogens (tertiary/aromatic N) is 2. The zero-order chi connectivity index (χ0) is 16.2. The van der Waals surface area contributed by atoms with Crippen LogP contribution in [-0.4, -0.2) is 17.3 Å².